The molecule has 4 nitrogen and oxygen atoms in total. The fourth-order valence-corrected chi connectivity index (χ4v) is 2.53. The minimum Gasteiger partial charge on any atom is -0.325 e. The molecular formula is C19H16F3N3O. The van der Waals surface area contributed by atoms with E-state index in [9.17, 15) is 18.0 Å². The molecule has 7 heteroatoms. The summed E-state index contributed by atoms with van der Waals surface area (Å²) in [4.78, 5) is 12.2. The molecule has 2 aromatic carbocycles. The van der Waals surface area contributed by atoms with Crippen molar-refractivity contribution >= 4 is 11.6 Å². The van der Waals surface area contributed by atoms with Crippen LogP contribution in [0, 0.1) is 6.92 Å². The summed E-state index contributed by atoms with van der Waals surface area (Å²) >= 11 is 0. The first-order valence-electron chi connectivity index (χ1n) is 7.89. The summed E-state index contributed by atoms with van der Waals surface area (Å²) in [6.07, 6.45) is -1.58. The molecule has 0 aliphatic heterocycles. The second-order valence-electron chi connectivity index (χ2n) is 5.89. The third-order valence-electron chi connectivity index (χ3n) is 3.84. The molecule has 3 rings (SSSR count). The number of hydrogen-bond donors (Lipinski definition) is 1. The Balaban J connectivity index is 1.84. The number of carbonyl (C=O) groups is 1. The van der Waals surface area contributed by atoms with Crippen LogP contribution in [0.4, 0.5) is 18.9 Å². The number of halogens is 3. The van der Waals surface area contributed by atoms with Crippen molar-refractivity contribution in [3.05, 3.63) is 77.6 Å². The molecule has 1 N–H and O–H groups in total. The predicted octanol–water partition coefficient (Wildman–Crippen LogP) is 4.38. The Morgan fingerprint density at radius 1 is 1.15 bits per heavy atom. The minimum atomic E-state index is -4.60. The molecule has 1 heterocycles. The third kappa shape index (κ3) is 4.11. The van der Waals surface area contributed by atoms with Crippen LogP contribution in [0.2, 0.25) is 0 Å². The Kier molecular flexibility index (Phi) is 4.79. The van der Waals surface area contributed by atoms with E-state index < -0.39 is 17.6 Å². The van der Waals surface area contributed by atoms with Gasteiger partial charge in [-0.1, -0.05) is 29.8 Å². The van der Waals surface area contributed by atoms with Gasteiger partial charge in [-0.3, -0.25) is 4.79 Å². The smallest absolute Gasteiger partial charge is 0.325 e. The van der Waals surface area contributed by atoms with Crippen molar-refractivity contribution in [3.8, 4) is 5.69 Å². The van der Waals surface area contributed by atoms with Gasteiger partial charge in [0.25, 0.3) is 0 Å². The van der Waals surface area contributed by atoms with E-state index >= 15 is 0 Å². The van der Waals surface area contributed by atoms with E-state index in [0.29, 0.717) is 0 Å². The Morgan fingerprint density at radius 2 is 1.88 bits per heavy atom. The summed E-state index contributed by atoms with van der Waals surface area (Å²) in [5.41, 5.74) is 0.852. The summed E-state index contributed by atoms with van der Waals surface area (Å²) in [6, 6.07) is 12.6. The van der Waals surface area contributed by atoms with Gasteiger partial charge in [0.2, 0.25) is 5.91 Å². The monoisotopic (exact) mass is 359 g/mol. The number of rotatable bonds is 4. The van der Waals surface area contributed by atoms with Gasteiger partial charge in [-0.15, -0.1) is 0 Å². The van der Waals surface area contributed by atoms with E-state index in [1.54, 1.807) is 24.4 Å². The zero-order valence-electron chi connectivity index (χ0n) is 13.9. The first-order chi connectivity index (χ1) is 12.3. The molecule has 0 aliphatic rings. The van der Waals surface area contributed by atoms with E-state index in [1.165, 1.54) is 23.0 Å². The van der Waals surface area contributed by atoms with Crippen molar-refractivity contribution in [1.29, 1.82) is 0 Å². The Labute approximate surface area is 148 Å². The predicted molar refractivity (Wildman–Crippen MR) is 92.1 cm³/mol. The largest absolute Gasteiger partial charge is 0.418 e. The summed E-state index contributed by atoms with van der Waals surface area (Å²) in [6.45, 7) is 1.92. The van der Waals surface area contributed by atoms with Gasteiger partial charge >= 0.3 is 6.18 Å². The Morgan fingerprint density at radius 3 is 2.50 bits per heavy atom. The van der Waals surface area contributed by atoms with Crippen molar-refractivity contribution < 1.29 is 18.0 Å². The lowest BCUT2D eigenvalue weighted by molar-refractivity contribution is -0.137. The lowest BCUT2D eigenvalue weighted by Crippen LogP contribution is -2.18. The summed E-state index contributed by atoms with van der Waals surface area (Å²) in [5.74, 6) is -0.508. The van der Waals surface area contributed by atoms with Crippen molar-refractivity contribution in [1.82, 2.24) is 9.78 Å². The fourth-order valence-electron chi connectivity index (χ4n) is 2.53. The maximum absolute atomic E-state index is 13.4. The molecule has 134 valence electrons. The number of alkyl halides is 3. The van der Waals surface area contributed by atoms with Crippen LogP contribution < -0.4 is 5.32 Å². The molecule has 0 spiro atoms. The number of anilines is 1. The standard InChI is InChI=1S/C19H16F3N3O/c1-13-3-5-14(6-4-13)11-18(26)24-17-8-7-15(25-10-2-9-23-25)12-16(17)19(20,21)22/h2-10,12H,11H2,1H3,(H,24,26). The van der Waals surface area contributed by atoms with E-state index in [4.69, 9.17) is 0 Å². The molecule has 1 amide bonds. The zero-order chi connectivity index (χ0) is 18.7. The van der Waals surface area contributed by atoms with Crippen LogP contribution in [0.15, 0.2) is 60.9 Å². The Bertz CT molecular complexity index is 901. The average molecular weight is 359 g/mol. The maximum atomic E-state index is 13.4. The first-order valence-corrected chi connectivity index (χ1v) is 7.89. The van der Waals surface area contributed by atoms with Crippen molar-refractivity contribution in [3.63, 3.8) is 0 Å². The molecule has 1 aromatic heterocycles. The number of amides is 1. The number of nitrogens with zero attached hydrogens (tertiary/aromatic N) is 2. The van der Waals surface area contributed by atoms with Gasteiger partial charge in [0, 0.05) is 12.4 Å². The number of hydrogen-bond acceptors (Lipinski definition) is 2. The minimum absolute atomic E-state index is 0.00150. The molecule has 26 heavy (non-hydrogen) atoms. The van der Waals surface area contributed by atoms with E-state index in [-0.39, 0.29) is 17.8 Å². The fraction of sp³-hybridized carbons (Fsp3) is 0.158. The van der Waals surface area contributed by atoms with Gasteiger partial charge in [-0.25, -0.2) is 4.68 Å². The molecule has 3 aromatic rings. The quantitative estimate of drug-likeness (QED) is 0.751. The number of aryl methyl sites for hydroxylation is 1. The highest BCUT2D eigenvalue weighted by Crippen LogP contribution is 2.36. The van der Waals surface area contributed by atoms with Crippen LogP contribution in [-0.4, -0.2) is 15.7 Å². The van der Waals surface area contributed by atoms with Crippen LogP contribution >= 0.6 is 0 Å². The van der Waals surface area contributed by atoms with Crippen LogP contribution in [0.5, 0.6) is 0 Å². The van der Waals surface area contributed by atoms with E-state index in [2.05, 4.69) is 10.4 Å². The lowest BCUT2D eigenvalue weighted by Gasteiger charge is -2.15. The summed E-state index contributed by atoms with van der Waals surface area (Å²) in [7, 11) is 0. The highest BCUT2D eigenvalue weighted by molar-refractivity contribution is 5.93. The van der Waals surface area contributed by atoms with E-state index in [0.717, 1.165) is 17.2 Å². The van der Waals surface area contributed by atoms with Gasteiger partial charge in [0.15, 0.2) is 0 Å². The topological polar surface area (TPSA) is 46.9 Å². The SMILES string of the molecule is Cc1ccc(CC(=O)Nc2ccc(-n3cccn3)cc2C(F)(F)F)cc1. The van der Waals surface area contributed by atoms with Crippen LogP contribution in [0.25, 0.3) is 5.69 Å². The number of aromatic nitrogens is 2. The third-order valence-corrected chi connectivity index (χ3v) is 3.84. The molecule has 0 bridgehead atoms. The number of carbonyl (C=O) groups excluding carboxylic acids is 1. The molecule has 0 atom stereocenters. The van der Waals surface area contributed by atoms with Crippen molar-refractivity contribution in [2.45, 2.75) is 19.5 Å². The first kappa shape index (κ1) is 17.7. The second-order valence-corrected chi connectivity index (χ2v) is 5.89. The van der Waals surface area contributed by atoms with Crippen LogP contribution in [0.1, 0.15) is 16.7 Å². The molecule has 0 radical (unpaired) electrons. The van der Waals surface area contributed by atoms with Gasteiger partial charge in [-0.2, -0.15) is 18.3 Å². The summed E-state index contributed by atoms with van der Waals surface area (Å²) < 4.78 is 41.6. The molecule has 0 fully saturated rings. The van der Waals surface area contributed by atoms with Crippen molar-refractivity contribution in [2.24, 2.45) is 0 Å². The number of benzene rings is 2. The van der Waals surface area contributed by atoms with Gasteiger partial charge < -0.3 is 5.32 Å². The highest BCUT2D eigenvalue weighted by Gasteiger charge is 2.34. The van der Waals surface area contributed by atoms with Crippen LogP contribution in [0.3, 0.4) is 0 Å². The molecular weight excluding hydrogens is 343 g/mol. The van der Waals surface area contributed by atoms with Gasteiger partial charge in [0.05, 0.1) is 23.4 Å². The van der Waals surface area contributed by atoms with Gasteiger partial charge in [-0.05, 0) is 36.8 Å². The molecule has 0 saturated carbocycles. The number of nitrogens with one attached hydrogen (secondary N) is 1. The van der Waals surface area contributed by atoms with Gasteiger partial charge in [0.1, 0.15) is 0 Å². The highest BCUT2D eigenvalue weighted by atomic mass is 19.4. The zero-order valence-corrected chi connectivity index (χ0v) is 13.9. The lowest BCUT2D eigenvalue weighted by atomic mass is 10.1. The average Bonchev–Trinajstić information content (AvgIpc) is 3.11. The molecule has 0 aliphatic carbocycles. The van der Waals surface area contributed by atoms with E-state index in [1.807, 2.05) is 19.1 Å². The normalized spacial score (nSPS) is 11.4. The molecule has 0 saturated heterocycles. The van der Waals surface area contributed by atoms with Crippen molar-refractivity contribution in [2.75, 3.05) is 5.32 Å². The summed E-state index contributed by atoms with van der Waals surface area (Å²) in [5, 5.41) is 6.29. The molecule has 0 unspecified atom stereocenters. The Hall–Kier alpha value is -3.09. The second kappa shape index (κ2) is 7.03. The van der Waals surface area contributed by atoms with Crippen LogP contribution in [-0.2, 0) is 17.4 Å². The maximum Gasteiger partial charge on any atom is 0.418 e.